The highest BCUT2D eigenvalue weighted by atomic mass is 127. The van der Waals surface area contributed by atoms with Crippen LogP contribution in [-0.4, -0.2) is 74.8 Å². The number of H-pyrrole nitrogens is 1. The molecule has 2 unspecified atom stereocenters. The Morgan fingerprint density at radius 2 is 1.42 bits per heavy atom. The summed E-state index contributed by atoms with van der Waals surface area (Å²) in [5.41, 5.74) is 0.697. The number of hydrogen-bond acceptors (Lipinski definition) is 11. The molecule has 0 aliphatic rings. The topological polar surface area (TPSA) is 153 Å². The van der Waals surface area contributed by atoms with Crippen molar-refractivity contribution in [3.63, 3.8) is 0 Å². The van der Waals surface area contributed by atoms with Gasteiger partial charge in [-0.3, -0.25) is 4.79 Å². The van der Waals surface area contributed by atoms with E-state index in [-0.39, 0.29) is 19.4 Å². The number of ketones is 1. The van der Waals surface area contributed by atoms with Crippen molar-refractivity contribution in [1.82, 2.24) is 29.5 Å². The molecular weight excluding hydrogens is 1030 g/mol. The van der Waals surface area contributed by atoms with Crippen molar-refractivity contribution in [3.8, 4) is 24.2 Å². The summed E-state index contributed by atoms with van der Waals surface area (Å²) >= 11 is 8.61. The van der Waals surface area contributed by atoms with Crippen molar-refractivity contribution in [3.05, 3.63) is 114 Å². The number of fused-ring (bicyclic) bond motifs is 2. The molecule has 1 N–H and O–H groups in total. The summed E-state index contributed by atoms with van der Waals surface area (Å²) in [6, 6.07) is 11.9. The maximum Gasteiger partial charge on any atom is 0.420 e. The van der Waals surface area contributed by atoms with E-state index in [9.17, 15) is 18.4 Å². The fourth-order valence-corrected chi connectivity index (χ4v) is 6.19. The van der Waals surface area contributed by atoms with Gasteiger partial charge >= 0.3 is 6.09 Å². The van der Waals surface area contributed by atoms with Crippen LogP contribution in [0.4, 0.5) is 13.6 Å². The van der Waals surface area contributed by atoms with Crippen LogP contribution in [0.15, 0.2) is 82.5 Å². The second-order valence-corrected chi connectivity index (χ2v) is 16.5. The highest BCUT2D eigenvalue weighted by Gasteiger charge is 2.27. The van der Waals surface area contributed by atoms with Gasteiger partial charge in [-0.15, -0.1) is 6.42 Å². The second-order valence-electron chi connectivity index (χ2n) is 13.7. The van der Waals surface area contributed by atoms with Gasteiger partial charge in [0, 0.05) is 26.6 Å². The van der Waals surface area contributed by atoms with Gasteiger partial charge in [-0.25, -0.2) is 38.1 Å². The summed E-state index contributed by atoms with van der Waals surface area (Å²) in [5, 5.41) is 0. The van der Waals surface area contributed by atoms with Crippen molar-refractivity contribution in [2.45, 2.75) is 51.4 Å². The summed E-state index contributed by atoms with van der Waals surface area (Å²) in [6.07, 6.45) is 11.2. The number of Topliss-reactive ketones (excluding diaryl/α,β-unsaturated/α-hetero) is 1. The Kier molecular flexibility index (Phi) is 17.0. The molecule has 0 fully saturated rings. The molecule has 314 valence electrons. The number of nitrogens with zero attached hydrogens (tertiary/aromatic N) is 5. The molecule has 18 heteroatoms. The van der Waals surface area contributed by atoms with Crippen molar-refractivity contribution in [2.24, 2.45) is 0 Å². The van der Waals surface area contributed by atoms with E-state index in [0.717, 1.165) is 3.57 Å². The smallest absolute Gasteiger partial charge is 0.420 e. The van der Waals surface area contributed by atoms with Gasteiger partial charge in [0.25, 0.3) is 0 Å². The van der Waals surface area contributed by atoms with Crippen LogP contribution in [-0.2, 0) is 34.9 Å². The van der Waals surface area contributed by atoms with Crippen LogP contribution in [0, 0.1) is 39.4 Å². The monoisotopic (exact) mass is 1060 g/mol. The Bertz CT molecular complexity index is 2580. The minimum atomic E-state index is -1.23. The van der Waals surface area contributed by atoms with Gasteiger partial charge < -0.3 is 28.7 Å². The van der Waals surface area contributed by atoms with Gasteiger partial charge in [0.15, 0.2) is 22.5 Å². The number of carbonyl (C=O) groups is 2. The Balaban J connectivity index is 0.000000210. The summed E-state index contributed by atoms with van der Waals surface area (Å²) in [7, 11) is 2.97. The molecule has 4 aromatic heterocycles. The molecule has 2 aromatic carbocycles. The summed E-state index contributed by atoms with van der Waals surface area (Å²) in [4.78, 5) is 44.4. The lowest BCUT2D eigenvalue weighted by atomic mass is 9.95. The summed E-state index contributed by atoms with van der Waals surface area (Å²) < 4.78 is 56.0. The minimum Gasteiger partial charge on any atom is -0.443 e. The predicted molar refractivity (Wildman–Crippen MR) is 236 cm³/mol. The van der Waals surface area contributed by atoms with Crippen molar-refractivity contribution < 1.29 is 42.1 Å². The Morgan fingerprint density at radius 1 is 0.867 bits per heavy atom. The van der Waals surface area contributed by atoms with E-state index in [1.165, 1.54) is 55.4 Å². The minimum absolute atomic E-state index is 0.0667. The second kappa shape index (κ2) is 21.2. The molecule has 0 bridgehead atoms. The van der Waals surface area contributed by atoms with Crippen LogP contribution in [0.5, 0.6) is 0 Å². The number of hydrogen-bond donors (Lipinski definition) is 1. The number of terminal acetylenes is 1. The van der Waals surface area contributed by atoms with Gasteiger partial charge in [-0.05, 0) is 130 Å². The molecule has 6 rings (SSSR count). The zero-order valence-corrected chi connectivity index (χ0v) is 38.7. The Hall–Kier alpha value is -4.67. The van der Waals surface area contributed by atoms with Gasteiger partial charge in [0.2, 0.25) is 5.78 Å². The zero-order chi connectivity index (χ0) is 44.3. The first-order valence-corrected chi connectivity index (χ1v) is 20.2. The van der Waals surface area contributed by atoms with E-state index in [0.29, 0.717) is 48.2 Å². The average molecular weight is 1060 g/mol. The number of methoxy groups -OCH3 is 2. The first kappa shape index (κ1) is 48.0. The number of carbonyl (C=O) groups excluding carboxylic acids is 2. The number of aromatic nitrogens is 6. The van der Waals surface area contributed by atoms with Crippen molar-refractivity contribution >= 4 is 88.7 Å². The third kappa shape index (κ3) is 12.9. The van der Waals surface area contributed by atoms with Crippen LogP contribution in [0.2, 0.25) is 0 Å². The van der Waals surface area contributed by atoms with Crippen LogP contribution >= 0.6 is 54.5 Å². The SMILES string of the molecule is C#CC(C)(OCOC)c1cccc(F)c1.CC(C)(C)OC(=O)n1cc(I)c2nc(Br)cnc21.COCOC(C)(C#CC(=O)c1c[nH]c2ncc(Br)nc12)c1cccc(F)c1. The fourth-order valence-electron chi connectivity index (χ4n) is 4.99. The normalized spacial score (nSPS) is 13.0. The first-order valence-electron chi connectivity index (χ1n) is 17.6. The van der Waals surface area contributed by atoms with E-state index < -0.39 is 34.5 Å². The fraction of sp³-hybridized carbons (Fsp3) is 0.286. The lowest BCUT2D eigenvalue weighted by Gasteiger charge is -2.24. The zero-order valence-electron chi connectivity index (χ0n) is 33.4. The maximum atomic E-state index is 13.6. The maximum absolute atomic E-state index is 13.6. The molecule has 60 heavy (non-hydrogen) atoms. The van der Waals surface area contributed by atoms with E-state index in [2.05, 4.69) is 97.1 Å². The van der Waals surface area contributed by atoms with Crippen LogP contribution < -0.4 is 0 Å². The number of ether oxygens (including phenoxy) is 5. The van der Waals surface area contributed by atoms with Crippen LogP contribution in [0.1, 0.15) is 56.1 Å². The molecule has 6 aromatic rings. The molecule has 0 saturated carbocycles. The third-order valence-corrected chi connectivity index (χ3v) is 9.53. The highest BCUT2D eigenvalue weighted by molar-refractivity contribution is 14.1. The molecule has 0 amide bonds. The van der Waals surface area contributed by atoms with Gasteiger partial charge in [0.05, 0.1) is 21.5 Å². The molecule has 0 spiro atoms. The molecule has 0 aliphatic carbocycles. The largest absolute Gasteiger partial charge is 0.443 e. The molecule has 2 atom stereocenters. The molecule has 0 saturated heterocycles. The Morgan fingerprint density at radius 3 is 1.97 bits per heavy atom. The van der Waals surface area contributed by atoms with Crippen LogP contribution in [0.25, 0.3) is 22.3 Å². The quantitative estimate of drug-likeness (QED) is 0.0485. The van der Waals surface area contributed by atoms with Gasteiger partial charge in [0.1, 0.15) is 51.1 Å². The standard InChI is InChI=1S/C19H15BrFN3O3.C12H13FO2.C11H11BrIN3O2/c1-19(27-11-26-2,12-4-3-5-13(21)8-12)7-6-15(25)14-9-22-18-17(14)24-16(20)10-23-18;1-4-12(2,15-9-14-3)10-6-5-7-11(13)8-10;1-11(2,3)18-10(17)16-5-6(13)8-9(16)14-4-7(12)15-8/h3-5,8-10H,11H2,1-2H3,(H,22,23);1,5-8H,9H2,2-3H3;4-5H,1-3H3. The number of benzene rings is 2. The molecule has 13 nitrogen and oxygen atoms in total. The summed E-state index contributed by atoms with van der Waals surface area (Å²) in [6.45, 7) is 8.81. The number of rotatable bonds is 9. The summed E-state index contributed by atoms with van der Waals surface area (Å²) in [5.74, 6) is 6.63. The lowest BCUT2D eigenvalue weighted by molar-refractivity contribution is -0.0992. The number of nitrogens with one attached hydrogen (secondary N) is 1. The van der Waals surface area contributed by atoms with Gasteiger partial charge in [-0.1, -0.05) is 36.1 Å². The number of aromatic amines is 1. The third-order valence-electron chi connectivity index (χ3n) is 7.98. The van der Waals surface area contributed by atoms with Crippen molar-refractivity contribution in [2.75, 3.05) is 27.8 Å². The van der Waals surface area contributed by atoms with Crippen molar-refractivity contribution in [1.29, 1.82) is 0 Å². The highest BCUT2D eigenvalue weighted by Crippen LogP contribution is 2.27. The average Bonchev–Trinajstić information content (AvgIpc) is 3.78. The van der Waals surface area contributed by atoms with Crippen LogP contribution in [0.3, 0.4) is 0 Å². The van der Waals surface area contributed by atoms with E-state index in [1.807, 2.05) is 20.8 Å². The van der Waals surface area contributed by atoms with E-state index >= 15 is 0 Å². The number of halogens is 5. The predicted octanol–water partition coefficient (Wildman–Crippen LogP) is 9.46. The van der Waals surface area contributed by atoms with E-state index in [1.54, 1.807) is 50.5 Å². The Labute approximate surface area is 375 Å². The molecule has 0 radical (unpaired) electrons. The molecule has 4 heterocycles. The molecular formula is C42H39Br2F2IN6O7. The first-order chi connectivity index (χ1) is 28.3. The molecule has 0 aliphatic heterocycles. The van der Waals surface area contributed by atoms with E-state index in [4.69, 9.17) is 30.1 Å². The van der Waals surface area contributed by atoms with Gasteiger partial charge in [-0.2, -0.15) is 0 Å². The lowest BCUT2D eigenvalue weighted by Crippen LogP contribution is -2.26.